The van der Waals surface area contributed by atoms with Crippen molar-refractivity contribution in [3.05, 3.63) is 48.2 Å². The summed E-state index contributed by atoms with van der Waals surface area (Å²) in [5.74, 6) is -0.424. The third-order valence-electron chi connectivity index (χ3n) is 3.10. The number of phenols is 2. The Morgan fingerprint density at radius 1 is 1.00 bits per heavy atom. The molecule has 19 heavy (non-hydrogen) atoms. The van der Waals surface area contributed by atoms with Gasteiger partial charge in [-0.3, -0.25) is 4.79 Å². The third-order valence-corrected chi connectivity index (χ3v) is 3.10. The smallest absolute Gasteiger partial charge is 0.166 e. The van der Waals surface area contributed by atoms with Gasteiger partial charge in [0.05, 0.1) is 11.2 Å². The topological polar surface area (TPSA) is 73.3 Å². The Bertz CT molecular complexity index is 760. The van der Waals surface area contributed by atoms with E-state index in [-0.39, 0.29) is 11.5 Å². The number of phenolic OH excluding ortho intramolecular Hbond substituents is 2. The highest BCUT2D eigenvalue weighted by atomic mass is 16.3. The normalized spacial score (nSPS) is 10.7. The number of aldehydes is 1. The highest BCUT2D eigenvalue weighted by Gasteiger charge is 2.15. The predicted molar refractivity (Wildman–Crippen MR) is 72.5 cm³/mol. The molecule has 94 valence electrons. The summed E-state index contributed by atoms with van der Waals surface area (Å²) in [4.78, 5) is 14.1. The Morgan fingerprint density at radius 2 is 1.68 bits per heavy atom. The minimum atomic E-state index is -0.217. The van der Waals surface area contributed by atoms with Crippen LogP contribution in [0.15, 0.2) is 42.5 Å². The Kier molecular flexibility index (Phi) is 2.49. The number of rotatable bonds is 2. The fraction of sp³-hybridized carbons (Fsp3) is 0. The first kappa shape index (κ1) is 11.3. The van der Waals surface area contributed by atoms with Crippen molar-refractivity contribution in [1.29, 1.82) is 0 Å². The van der Waals surface area contributed by atoms with E-state index in [9.17, 15) is 15.0 Å². The maximum atomic E-state index is 11.2. The van der Waals surface area contributed by atoms with Crippen molar-refractivity contribution in [2.75, 3.05) is 0 Å². The molecule has 0 fully saturated rings. The van der Waals surface area contributed by atoms with Gasteiger partial charge in [-0.1, -0.05) is 30.3 Å². The van der Waals surface area contributed by atoms with Crippen LogP contribution in [0, 0.1) is 0 Å². The van der Waals surface area contributed by atoms with Crippen molar-refractivity contribution < 1.29 is 15.0 Å². The second kappa shape index (κ2) is 4.17. The molecule has 3 rings (SSSR count). The van der Waals surface area contributed by atoms with Crippen LogP contribution >= 0.6 is 0 Å². The summed E-state index contributed by atoms with van der Waals surface area (Å²) in [6.07, 6.45) is 0.733. The van der Waals surface area contributed by atoms with E-state index in [0.717, 1.165) is 17.4 Å². The highest BCUT2D eigenvalue weighted by Crippen LogP contribution is 2.37. The van der Waals surface area contributed by atoms with Crippen molar-refractivity contribution in [2.45, 2.75) is 0 Å². The van der Waals surface area contributed by atoms with E-state index in [1.54, 1.807) is 0 Å². The molecule has 0 atom stereocenters. The summed E-state index contributed by atoms with van der Waals surface area (Å²) >= 11 is 0. The predicted octanol–water partition coefficient (Wildman–Crippen LogP) is 3.06. The van der Waals surface area contributed by atoms with E-state index in [1.165, 1.54) is 12.1 Å². The first-order valence-corrected chi connectivity index (χ1v) is 5.79. The van der Waals surface area contributed by atoms with Gasteiger partial charge in [0.1, 0.15) is 0 Å². The maximum Gasteiger partial charge on any atom is 0.166 e. The van der Waals surface area contributed by atoms with Crippen molar-refractivity contribution in [1.82, 2.24) is 4.98 Å². The summed E-state index contributed by atoms with van der Waals surface area (Å²) in [5, 5.41) is 19.8. The molecular weight excluding hydrogens is 242 g/mol. The van der Waals surface area contributed by atoms with Gasteiger partial charge in [-0.05, 0) is 11.6 Å². The Balaban J connectivity index is 2.39. The van der Waals surface area contributed by atoms with E-state index < -0.39 is 0 Å². The van der Waals surface area contributed by atoms with Gasteiger partial charge in [0.15, 0.2) is 17.8 Å². The number of hydrogen-bond acceptors (Lipinski definition) is 3. The second-order valence-electron chi connectivity index (χ2n) is 4.28. The molecule has 1 aromatic heterocycles. The number of carbonyl (C=O) groups excluding carboxylic acids is 1. The fourth-order valence-electron chi connectivity index (χ4n) is 2.24. The molecule has 0 saturated heterocycles. The lowest BCUT2D eigenvalue weighted by Gasteiger charge is -2.02. The first-order valence-electron chi connectivity index (χ1n) is 5.79. The van der Waals surface area contributed by atoms with Gasteiger partial charge in [0, 0.05) is 17.0 Å². The standard InChI is InChI=1S/C15H11NO3/c17-8-12-15(9-4-2-1-3-5-9)10-6-13(18)14(19)7-11(10)16-12/h1-8,16,18-19H. The molecule has 1 heterocycles. The number of carbonyl (C=O) groups is 1. The molecule has 4 nitrogen and oxygen atoms in total. The zero-order chi connectivity index (χ0) is 13.4. The molecule has 0 amide bonds. The Labute approximate surface area is 108 Å². The molecular formula is C15H11NO3. The van der Waals surface area contributed by atoms with Gasteiger partial charge in [-0.15, -0.1) is 0 Å². The van der Waals surface area contributed by atoms with E-state index in [2.05, 4.69) is 4.98 Å². The molecule has 0 aliphatic rings. The number of fused-ring (bicyclic) bond motifs is 1. The number of H-pyrrole nitrogens is 1. The molecule has 2 aromatic carbocycles. The minimum Gasteiger partial charge on any atom is -0.504 e. The SMILES string of the molecule is O=Cc1[nH]c2cc(O)c(O)cc2c1-c1ccccc1. The molecule has 3 N–H and O–H groups in total. The molecule has 0 aliphatic heterocycles. The zero-order valence-corrected chi connectivity index (χ0v) is 9.92. The maximum absolute atomic E-state index is 11.2. The molecule has 0 saturated carbocycles. The first-order chi connectivity index (χ1) is 9.20. The number of aromatic nitrogens is 1. The number of aromatic amines is 1. The average molecular weight is 253 g/mol. The lowest BCUT2D eigenvalue weighted by atomic mass is 10.0. The molecule has 0 bridgehead atoms. The Morgan fingerprint density at radius 3 is 2.37 bits per heavy atom. The van der Waals surface area contributed by atoms with Gasteiger partial charge in [0.2, 0.25) is 0 Å². The van der Waals surface area contributed by atoms with Gasteiger partial charge in [-0.2, -0.15) is 0 Å². The lowest BCUT2D eigenvalue weighted by molar-refractivity contribution is 0.112. The quantitative estimate of drug-likeness (QED) is 0.485. The van der Waals surface area contributed by atoms with Crippen LogP contribution < -0.4 is 0 Å². The average Bonchev–Trinajstić information content (AvgIpc) is 2.78. The lowest BCUT2D eigenvalue weighted by Crippen LogP contribution is -1.83. The fourth-order valence-corrected chi connectivity index (χ4v) is 2.24. The third kappa shape index (κ3) is 1.74. The van der Waals surface area contributed by atoms with Crippen LogP contribution in [-0.4, -0.2) is 21.5 Å². The number of aromatic hydroxyl groups is 2. The number of benzene rings is 2. The molecule has 0 spiro atoms. The number of hydrogen-bond donors (Lipinski definition) is 3. The van der Waals surface area contributed by atoms with Crippen LogP contribution in [-0.2, 0) is 0 Å². The summed E-state index contributed by atoms with van der Waals surface area (Å²) in [7, 11) is 0. The van der Waals surface area contributed by atoms with Gasteiger partial charge >= 0.3 is 0 Å². The van der Waals surface area contributed by atoms with Crippen LogP contribution in [0.1, 0.15) is 10.5 Å². The molecule has 0 radical (unpaired) electrons. The molecule has 0 unspecified atom stereocenters. The summed E-state index contributed by atoms with van der Waals surface area (Å²) in [5.41, 5.74) is 2.63. The molecule has 3 aromatic rings. The van der Waals surface area contributed by atoms with Crippen molar-refractivity contribution in [3.8, 4) is 22.6 Å². The minimum absolute atomic E-state index is 0.207. The van der Waals surface area contributed by atoms with E-state index in [1.807, 2.05) is 30.3 Å². The van der Waals surface area contributed by atoms with Gasteiger partial charge in [-0.25, -0.2) is 0 Å². The van der Waals surface area contributed by atoms with E-state index in [4.69, 9.17) is 0 Å². The monoisotopic (exact) mass is 253 g/mol. The molecule has 4 heteroatoms. The summed E-state index contributed by atoms with van der Waals surface area (Å²) in [6.45, 7) is 0. The number of nitrogens with one attached hydrogen (secondary N) is 1. The van der Waals surface area contributed by atoms with Crippen LogP contribution in [0.2, 0.25) is 0 Å². The Hall–Kier alpha value is -2.75. The van der Waals surface area contributed by atoms with E-state index in [0.29, 0.717) is 16.6 Å². The van der Waals surface area contributed by atoms with Gasteiger partial charge in [0.25, 0.3) is 0 Å². The summed E-state index contributed by atoms with van der Waals surface area (Å²) in [6, 6.07) is 12.3. The van der Waals surface area contributed by atoms with E-state index >= 15 is 0 Å². The molecule has 0 aliphatic carbocycles. The highest BCUT2D eigenvalue weighted by molar-refractivity contribution is 6.05. The van der Waals surface area contributed by atoms with Crippen LogP contribution in [0.5, 0.6) is 11.5 Å². The largest absolute Gasteiger partial charge is 0.504 e. The van der Waals surface area contributed by atoms with Crippen LogP contribution in [0.4, 0.5) is 0 Å². The van der Waals surface area contributed by atoms with Crippen molar-refractivity contribution >= 4 is 17.2 Å². The summed E-state index contributed by atoms with van der Waals surface area (Å²) < 4.78 is 0. The van der Waals surface area contributed by atoms with Gasteiger partial charge < -0.3 is 15.2 Å². The second-order valence-corrected chi connectivity index (χ2v) is 4.28. The van der Waals surface area contributed by atoms with Crippen molar-refractivity contribution in [2.24, 2.45) is 0 Å². The zero-order valence-electron chi connectivity index (χ0n) is 9.92. The van der Waals surface area contributed by atoms with Crippen LogP contribution in [0.25, 0.3) is 22.0 Å². The van der Waals surface area contributed by atoms with Crippen molar-refractivity contribution in [3.63, 3.8) is 0 Å². The van der Waals surface area contributed by atoms with Crippen LogP contribution in [0.3, 0.4) is 0 Å².